The predicted octanol–water partition coefficient (Wildman–Crippen LogP) is 4.15. The number of terminal acetylenes is 1. The third-order valence-electron chi connectivity index (χ3n) is 2.99. The normalized spacial score (nSPS) is 9.94. The van der Waals surface area contributed by atoms with Gasteiger partial charge in [-0.3, -0.25) is 0 Å². The monoisotopic (exact) mass is 220 g/mol. The van der Waals surface area contributed by atoms with Crippen LogP contribution in [0.2, 0.25) is 0 Å². The summed E-state index contributed by atoms with van der Waals surface area (Å²) in [5, 5.41) is 0. The van der Waals surface area contributed by atoms with Crippen LogP contribution in [0, 0.1) is 26.2 Å². The molecule has 0 N–H and O–H groups in total. The minimum Gasteiger partial charge on any atom is -0.120 e. The zero-order valence-corrected chi connectivity index (χ0v) is 10.3. The quantitative estimate of drug-likeness (QED) is 0.667. The van der Waals surface area contributed by atoms with Crippen molar-refractivity contribution < 1.29 is 0 Å². The lowest BCUT2D eigenvalue weighted by Gasteiger charge is -2.11. The molecule has 2 rings (SSSR count). The molecule has 0 saturated heterocycles. The molecule has 0 aliphatic carbocycles. The number of aryl methyl sites for hydroxylation is 2. The highest BCUT2D eigenvalue weighted by molar-refractivity contribution is 5.71. The molecule has 84 valence electrons. The van der Waals surface area contributed by atoms with Crippen molar-refractivity contribution in [2.24, 2.45) is 0 Å². The Bertz CT molecular complexity index is 571. The van der Waals surface area contributed by atoms with E-state index in [-0.39, 0.29) is 0 Å². The summed E-state index contributed by atoms with van der Waals surface area (Å²) in [7, 11) is 0. The molecule has 0 saturated carbocycles. The summed E-state index contributed by atoms with van der Waals surface area (Å²) in [6.07, 6.45) is 6.12. The molecular formula is C17H16. The van der Waals surface area contributed by atoms with Gasteiger partial charge in [0.25, 0.3) is 0 Å². The molecule has 2 aromatic rings. The summed E-state index contributed by atoms with van der Waals surface area (Å²) in [5.41, 5.74) is 6.33. The van der Waals surface area contributed by atoms with Crippen LogP contribution in [0.25, 0.3) is 11.1 Å². The fourth-order valence-electron chi connectivity index (χ4n) is 2.08. The van der Waals surface area contributed by atoms with E-state index >= 15 is 0 Å². The molecule has 2 aromatic carbocycles. The van der Waals surface area contributed by atoms with Crippen LogP contribution >= 0.6 is 0 Å². The molecule has 0 bridgehead atoms. The molecule has 0 unspecified atom stereocenters. The summed E-state index contributed by atoms with van der Waals surface area (Å²) in [5.74, 6) is 2.73. The van der Waals surface area contributed by atoms with E-state index in [4.69, 9.17) is 6.42 Å². The summed E-state index contributed by atoms with van der Waals surface area (Å²) < 4.78 is 0. The third kappa shape index (κ3) is 2.40. The Balaban J connectivity index is 2.62. The zero-order chi connectivity index (χ0) is 12.3. The Hall–Kier alpha value is -2.00. The molecule has 17 heavy (non-hydrogen) atoms. The Kier molecular flexibility index (Phi) is 3.30. The maximum absolute atomic E-state index is 5.43. The van der Waals surface area contributed by atoms with Crippen molar-refractivity contribution in [2.45, 2.75) is 20.3 Å². The van der Waals surface area contributed by atoms with Crippen LogP contribution in [0.5, 0.6) is 0 Å². The maximum atomic E-state index is 5.43. The number of rotatable bonds is 2. The molecule has 0 atom stereocenters. The molecule has 0 radical (unpaired) electrons. The second-order valence-electron chi connectivity index (χ2n) is 4.36. The lowest BCUT2D eigenvalue weighted by molar-refractivity contribution is 1.29. The molecule has 0 aromatic heterocycles. The maximum Gasteiger partial charge on any atom is 0.0343 e. The van der Waals surface area contributed by atoms with Gasteiger partial charge in [-0.1, -0.05) is 48.0 Å². The van der Waals surface area contributed by atoms with Crippen molar-refractivity contribution >= 4 is 0 Å². The predicted molar refractivity (Wildman–Crippen MR) is 73.9 cm³/mol. The minimum atomic E-state index is 0.684. The highest BCUT2D eigenvalue weighted by Crippen LogP contribution is 2.28. The molecule has 0 spiro atoms. The average Bonchev–Trinajstić information content (AvgIpc) is 2.32. The summed E-state index contributed by atoms with van der Waals surface area (Å²) in [6, 6.07) is 14.9. The molecule has 0 heterocycles. The van der Waals surface area contributed by atoms with Crippen LogP contribution in [0.1, 0.15) is 16.7 Å². The fraction of sp³-hybridized carbons (Fsp3) is 0.176. The lowest BCUT2D eigenvalue weighted by Crippen LogP contribution is -1.91. The van der Waals surface area contributed by atoms with Gasteiger partial charge in [0.05, 0.1) is 0 Å². The van der Waals surface area contributed by atoms with Gasteiger partial charge in [-0.05, 0) is 36.1 Å². The third-order valence-corrected chi connectivity index (χ3v) is 2.99. The van der Waals surface area contributed by atoms with E-state index in [1.54, 1.807) is 0 Å². The van der Waals surface area contributed by atoms with Gasteiger partial charge in [0.2, 0.25) is 0 Å². The van der Waals surface area contributed by atoms with E-state index in [2.05, 4.69) is 62.2 Å². The van der Waals surface area contributed by atoms with Crippen molar-refractivity contribution in [1.29, 1.82) is 0 Å². The van der Waals surface area contributed by atoms with Gasteiger partial charge in [-0.15, -0.1) is 12.3 Å². The van der Waals surface area contributed by atoms with E-state index in [1.807, 2.05) is 0 Å². The molecule has 0 amide bonds. The van der Waals surface area contributed by atoms with Crippen LogP contribution in [0.3, 0.4) is 0 Å². The van der Waals surface area contributed by atoms with E-state index < -0.39 is 0 Å². The van der Waals surface area contributed by atoms with Crippen LogP contribution in [0.4, 0.5) is 0 Å². The topological polar surface area (TPSA) is 0 Å². The van der Waals surface area contributed by atoms with Gasteiger partial charge in [0.1, 0.15) is 0 Å². The van der Waals surface area contributed by atoms with Gasteiger partial charge in [0, 0.05) is 6.42 Å². The Morgan fingerprint density at radius 2 is 1.76 bits per heavy atom. The van der Waals surface area contributed by atoms with Crippen molar-refractivity contribution in [3.05, 3.63) is 59.2 Å². The average molecular weight is 220 g/mol. The summed E-state index contributed by atoms with van der Waals surface area (Å²) in [4.78, 5) is 0. The second kappa shape index (κ2) is 4.89. The molecule has 0 fully saturated rings. The van der Waals surface area contributed by atoms with Crippen LogP contribution in [0.15, 0.2) is 42.5 Å². The van der Waals surface area contributed by atoms with E-state index in [9.17, 15) is 0 Å². The van der Waals surface area contributed by atoms with Crippen LogP contribution in [-0.2, 0) is 6.42 Å². The van der Waals surface area contributed by atoms with Gasteiger partial charge in [-0.2, -0.15) is 0 Å². The van der Waals surface area contributed by atoms with E-state index in [0.29, 0.717) is 6.42 Å². The van der Waals surface area contributed by atoms with Crippen molar-refractivity contribution in [2.75, 3.05) is 0 Å². The molecule has 0 aliphatic rings. The highest BCUT2D eigenvalue weighted by atomic mass is 14.1. The number of hydrogen-bond donors (Lipinski definition) is 0. The first kappa shape index (κ1) is 11.5. The minimum absolute atomic E-state index is 0.684. The smallest absolute Gasteiger partial charge is 0.0343 e. The lowest BCUT2D eigenvalue weighted by atomic mass is 9.93. The molecule has 0 aliphatic heterocycles. The SMILES string of the molecule is C#CCc1ccc(C)cc1-c1ccccc1C. The highest BCUT2D eigenvalue weighted by Gasteiger charge is 2.06. The van der Waals surface area contributed by atoms with Crippen molar-refractivity contribution in [3.8, 4) is 23.5 Å². The zero-order valence-electron chi connectivity index (χ0n) is 10.3. The van der Waals surface area contributed by atoms with Crippen molar-refractivity contribution in [1.82, 2.24) is 0 Å². The van der Waals surface area contributed by atoms with E-state index in [1.165, 1.54) is 27.8 Å². The first-order valence-corrected chi connectivity index (χ1v) is 5.81. The standard InChI is InChI=1S/C17H16/c1-4-7-15-11-10-13(2)12-17(15)16-9-6-5-8-14(16)3/h1,5-6,8-12H,7H2,2-3H3. The first-order valence-electron chi connectivity index (χ1n) is 5.81. The van der Waals surface area contributed by atoms with E-state index in [0.717, 1.165) is 0 Å². The second-order valence-corrected chi connectivity index (χ2v) is 4.36. The van der Waals surface area contributed by atoms with Crippen molar-refractivity contribution in [3.63, 3.8) is 0 Å². The summed E-state index contributed by atoms with van der Waals surface area (Å²) >= 11 is 0. The van der Waals surface area contributed by atoms with Gasteiger partial charge in [-0.25, -0.2) is 0 Å². The van der Waals surface area contributed by atoms with Crippen LogP contribution in [-0.4, -0.2) is 0 Å². The molecular weight excluding hydrogens is 204 g/mol. The van der Waals surface area contributed by atoms with Gasteiger partial charge >= 0.3 is 0 Å². The van der Waals surface area contributed by atoms with Gasteiger partial charge in [0.15, 0.2) is 0 Å². The largest absolute Gasteiger partial charge is 0.120 e. The molecule has 0 nitrogen and oxygen atoms in total. The molecule has 0 heteroatoms. The number of hydrogen-bond acceptors (Lipinski definition) is 0. The first-order chi connectivity index (χ1) is 8.22. The van der Waals surface area contributed by atoms with Gasteiger partial charge < -0.3 is 0 Å². The Morgan fingerprint density at radius 3 is 2.47 bits per heavy atom. The fourth-order valence-corrected chi connectivity index (χ4v) is 2.08. The Morgan fingerprint density at radius 1 is 1.00 bits per heavy atom. The number of benzene rings is 2. The van der Waals surface area contributed by atoms with Crippen LogP contribution < -0.4 is 0 Å². The Labute approximate surface area is 103 Å². The summed E-state index contributed by atoms with van der Waals surface area (Å²) in [6.45, 7) is 4.25.